The van der Waals surface area contributed by atoms with Gasteiger partial charge in [0, 0.05) is 12.2 Å². The number of carbonyl (C=O) groups excluding carboxylic acids is 1. The third kappa shape index (κ3) is 3.04. The number of rotatable bonds is 3. The molecule has 4 heteroatoms. The molecule has 82 valence electrons. The molecule has 0 fully saturated rings. The molecule has 0 unspecified atom stereocenters. The van der Waals surface area contributed by atoms with E-state index in [0.717, 1.165) is 5.56 Å². The van der Waals surface area contributed by atoms with Gasteiger partial charge in [-0.25, -0.2) is 0 Å². The Balaban J connectivity index is 2.85. The van der Waals surface area contributed by atoms with Crippen LogP contribution in [0.25, 0.3) is 0 Å². The van der Waals surface area contributed by atoms with Crippen molar-refractivity contribution in [2.75, 3.05) is 5.32 Å². The van der Waals surface area contributed by atoms with Gasteiger partial charge in [0.15, 0.2) is 0 Å². The molecule has 0 heterocycles. The maximum atomic E-state index is 11.5. The van der Waals surface area contributed by atoms with E-state index in [1.807, 2.05) is 12.1 Å². The van der Waals surface area contributed by atoms with Crippen LogP contribution in [0.1, 0.15) is 19.4 Å². The molecule has 0 spiro atoms. The minimum Gasteiger partial charge on any atom is -0.381 e. The zero-order valence-corrected chi connectivity index (χ0v) is 8.95. The largest absolute Gasteiger partial charge is 0.381 e. The summed E-state index contributed by atoms with van der Waals surface area (Å²) in [6.45, 7) is 3.23. The van der Waals surface area contributed by atoms with E-state index in [-0.39, 0.29) is 0 Å². The fraction of sp³-hybridized carbons (Fsp3) is 0.364. The van der Waals surface area contributed by atoms with Crippen molar-refractivity contribution in [1.29, 1.82) is 0 Å². The summed E-state index contributed by atoms with van der Waals surface area (Å²) in [6.07, 6.45) is 0. The molecule has 0 atom stereocenters. The van der Waals surface area contributed by atoms with Gasteiger partial charge in [-0.1, -0.05) is 18.2 Å². The number of nitrogens with two attached hydrogens (primary N) is 1. The van der Waals surface area contributed by atoms with Crippen molar-refractivity contribution in [2.45, 2.75) is 26.0 Å². The minimum absolute atomic E-state index is 0.350. The summed E-state index contributed by atoms with van der Waals surface area (Å²) in [4.78, 5) is 11.5. The summed E-state index contributed by atoms with van der Waals surface area (Å²) >= 11 is 0. The van der Waals surface area contributed by atoms with E-state index >= 15 is 0 Å². The first-order valence-electron chi connectivity index (χ1n) is 4.77. The second-order valence-corrected chi connectivity index (χ2v) is 3.87. The zero-order valence-electron chi connectivity index (χ0n) is 8.95. The maximum absolute atomic E-state index is 11.5. The van der Waals surface area contributed by atoms with Crippen molar-refractivity contribution >= 4 is 11.6 Å². The normalized spacial score (nSPS) is 11.2. The van der Waals surface area contributed by atoms with Crippen molar-refractivity contribution in [3.05, 3.63) is 29.8 Å². The first-order valence-corrected chi connectivity index (χ1v) is 4.77. The quantitative estimate of drug-likeness (QED) is 0.689. The molecule has 0 aliphatic heterocycles. The minimum atomic E-state index is -1.39. The topological polar surface area (TPSA) is 75.3 Å². The SMILES string of the molecule is CC(C)(O)C(=O)Nc1ccccc1CN. The summed E-state index contributed by atoms with van der Waals surface area (Å²) in [7, 11) is 0. The number of para-hydroxylation sites is 1. The second kappa shape index (κ2) is 4.42. The molecular weight excluding hydrogens is 192 g/mol. The van der Waals surface area contributed by atoms with Crippen LogP contribution in [0.2, 0.25) is 0 Å². The average molecular weight is 208 g/mol. The fourth-order valence-corrected chi connectivity index (χ4v) is 1.10. The third-order valence-electron chi connectivity index (χ3n) is 2.04. The molecule has 0 bridgehead atoms. The molecule has 0 radical (unpaired) electrons. The molecule has 4 N–H and O–H groups in total. The number of anilines is 1. The predicted octanol–water partition coefficient (Wildman–Crippen LogP) is 0.855. The number of amides is 1. The smallest absolute Gasteiger partial charge is 0.255 e. The van der Waals surface area contributed by atoms with E-state index in [4.69, 9.17) is 5.73 Å². The van der Waals surface area contributed by atoms with Crippen LogP contribution in [0.4, 0.5) is 5.69 Å². The molecule has 0 aliphatic rings. The van der Waals surface area contributed by atoms with Gasteiger partial charge in [0.2, 0.25) is 0 Å². The highest BCUT2D eigenvalue weighted by Gasteiger charge is 2.23. The monoisotopic (exact) mass is 208 g/mol. The van der Waals surface area contributed by atoms with Crippen LogP contribution >= 0.6 is 0 Å². The summed E-state index contributed by atoms with van der Waals surface area (Å²) in [5.41, 5.74) is 5.62. The molecule has 1 aromatic carbocycles. The van der Waals surface area contributed by atoms with Gasteiger partial charge in [-0.05, 0) is 25.5 Å². The summed E-state index contributed by atoms with van der Waals surface area (Å²) in [5.74, 6) is -0.441. The number of benzene rings is 1. The molecular formula is C11H16N2O2. The van der Waals surface area contributed by atoms with Gasteiger partial charge in [0.1, 0.15) is 5.60 Å². The van der Waals surface area contributed by atoms with E-state index in [0.29, 0.717) is 12.2 Å². The molecule has 4 nitrogen and oxygen atoms in total. The fourth-order valence-electron chi connectivity index (χ4n) is 1.10. The van der Waals surface area contributed by atoms with Gasteiger partial charge >= 0.3 is 0 Å². The summed E-state index contributed by atoms with van der Waals surface area (Å²) in [5, 5.41) is 12.1. The van der Waals surface area contributed by atoms with Crippen molar-refractivity contribution in [3.8, 4) is 0 Å². The van der Waals surface area contributed by atoms with E-state index < -0.39 is 11.5 Å². The van der Waals surface area contributed by atoms with Crippen molar-refractivity contribution in [3.63, 3.8) is 0 Å². The van der Waals surface area contributed by atoms with Crippen LogP contribution in [-0.4, -0.2) is 16.6 Å². The highest BCUT2D eigenvalue weighted by Crippen LogP contribution is 2.16. The lowest BCUT2D eigenvalue weighted by Gasteiger charge is -2.18. The molecule has 1 aromatic rings. The first-order chi connectivity index (χ1) is 6.95. The number of hydrogen-bond acceptors (Lipinski definition) is 3. The van der Waals surface area contributed by atoms with Crippen LogP contribution < -0.4 is 11.1 Å². The third-order valence-corrected chi connectivity index (χ3v) is 2.04. The second-order valence-electron chi connectivity index (χ2n) is 3.87. The Morgan fingerprint density at radius 2 is 2.07 bits per heavy atom. The molecule has 15 heavy (non-hydrogen) atoms. The Kier molecular flexibility index (Phi) is 3.44. The van der Waals surface area contributed by atoms with E-state index in [9.17, 15) is 9.90 Å². The summed E-state index contributed by atoms with van der Waals surface area (Å²) in [6, 6.07) is 7.24. The summed E-state index contributed by atoms with van der Waals surface area (Å²) < 4.78 is 0. The van der Waals surface area contributed by atoms with Gasteiger partial charge in [0.05, 0.1) is 0 Å². The molecule has 1 rings (SSSR count). The average Bonchev–Trinajstić information content (AvgIpc) is 2.17. The van der Waals surface area contributed by atoms with Crippen LogP contribution in [0.5, 0.6) is 0 Å². The standard InChI is InChI=1S/C11H16N2O2/c1-11(2,15)10(14)13-9-6-4-3-5-8(9)7-12/h3-6,15H,7,12H2,1-2H3,(H,13,14). The van der Waals surface area contributed by atoms with E-state index in [1.54, 1.807) is 12.1 Å². The van der Waals surface area contributed by atoms with Crippen LogP contribution in [-0.2, 0) is 11.3 Å². The Morgan fingerprint density at radius 1 is 1.47 bits per heavy atom. The number of hydrogen-bond donors (Lipinski definition) is 3. The Hall–Kier alpha value is -1.39. The van der Waals surface area contributed by atoms with Gasteiger partial charge < -0.3 is 16.2 Å². The van der Waals surface area contributed by atoms with Crippen molar-refractivity contribution < 1.29 is 9.90 Å². The molecule has 0 aromatic heterocycles. The Bertz CT molecular complexity index is 356. The van der Waals surface area contributed by atoms with E-state index in [2.05, 4.69) is 5.32 Å². The molecule has 0 saturated heterocycles. The number of aliphatic hydroxyl groups is 1. The molecule has 0 aliphatic carbocycles. The Labute approximate surface area is 89.1 Å². The number of carbonyl (C=O) groups is 1. The van der Waals surface area contributed by atoms with Crippen molar-refractivity contribution in [2.24, 2.45) is 5.73 Å². The lowest BCUT2D eigenvalue weighted by molar-refractivity contribution is -0.130. The van der Waals surface area contributed by atoms with Crippen LogP contribution in [0.3, 0.4) is 0 Å². The highest BCUT2D eigenvalue weighted by atomic mass is 16.3. The van der Waals surface area contributed by atoms with Crippen molar-refractivity contribution in [1.82, 2.24) is 0 Å². The van der Waals surface area contributed by atoms with Crippen LogP contribution in [0, 0.1) is 0 Å². The van der Waals surface area contributed by atoms with Crippen LogP contribution in [0.15, 0.2) is 24.3 Å². The Morgan fingerprint density at radius 3 is 2.60 bits per heavy atom. The highest BCUT2D eigenvalue weighted by molar-refractivity contribution is 5.97. The van der Waals surface area contributed by atoms with Gasteiger partial charge in [-0.15, -0.1) is 0 Å². The maximum Gasteiger partial charge on any atom is 0.255 e. The lowest BCUT2D eigenvalue weighted by Crippen LogP contribution is -2.37. The van der Waals surface area contributed by atoms with E-state index in [1.165, 1.54) is 13.8 Å². The number of nitrogens with one attached hydrogen (secondary N) is 1. The lowest BCUT2D eigenvalue weighted by atomic mass is 10.1. The van der Waals surface area contributed by atoms with Gasteiger partial charge in [-0.2, -0.15) is 0 Å². The molecule has 1 amide bonds. The van der Waals surface area contributed by atoms with Gasteiger partial charge in [-0.3, -0.25) is 4.79 Å². The predicted molar refractivity (Wildman–Crippen MR) is 59.3 cm³/mol. The first kappa shape index (κ1) is 11.7. The zero-order chi connectivity index (χ0) is 11.5. The molecule has 0 saturated carbocycles. The van der Waals surface area contributed by atoms with Gasteiger partial charge in [0.25, 0.3) is 5.91 Å².